The van der Waals surface area contributed by atoms with Crippen molar-refractivity contribution in [3.05, 3.63) is 36.0 Å². The zero-order chi connectivity index (χ0) is 34.9. The lowest BCUT2D eigenvalue weighted by molar-refractivity contribution is -0.187. The van der Waals surface area contributed by atoms with E-state index in [4.69, 9.17) is 18.9 Å². The first-order valence-corrected chi connectivity index (χ1v) is 18.7. The topological polar surface area (TPSA) is 129 Å². The van der Waals surface area contributed by atoms with Gasteiger partial charge in [0.05, 0.1) is 34.6 Å². The third-order valence-corrected chi connectivity index (χ3v) is 15.4. The Balaban J connectivity index is 1.05. The van der Waals surface area contributed by atoms with Crippen LogP contribution in [-0.2, 0) is 38.1 Å². The van der Waals surface area contributed by atoms with Gasteiger partial charge in [-0.25, -0.2) is 9.59 Å². The smallest absolute Gasteiger partial charge is 0.334 e. The maximum atomic E-state index is 13.9. The summed E-state index contributed by atoms with van der Waals surface area (Å²) in [5, 5.41) is 10.4. The number of rotatable bonds is 6. The van der Waals surface area contributed by atoms with Gasteiger partial charge in [0.25, 0.3) is 0 Å². The predicted molar refractivity (Wildman–Crippen MR) is 178 cm³/mol. The Bertz CT molecular complexity index is 1580. The first kappa shape index (κ1) is 33.4. The van der Waals surface area contributed by atoms with Crippen molar-refractivity contribution in [3.63, 3.8) is 0 Å². The molecule has 8 rings (SSSR count). The van der Waals surface area contributed by atoms with Gasteiger partial charge in [-0.1, -0.05) is 26.0 Å². The highest BCUT2D eigenvalue weighted by Gasteiger charge is 2.80. The molecule has 9 nitrogen and oxygen atoms in total. The molecule has 4 bridgehead atoms. The molecule has 14 atom stereocenters. The van der Waals surface area contributed by atoms with E-state index in [-0.39, 0.29) is 46.2 Å². The molecule has 0 amide bonds. The maximum Gasteiger partial charge on any atom is 0.334 e. The molecule has 4 heterocycles. The van der Waals surface area contributed by atoms with Gasteiger partial charge in [0.2, 0.25) is 0 Å². The van der Waals surface area contributed by atoms with E-state index in [0.717, 1.165) is 57.8 Å². The summed E-state index contributed by atoms with van der Waals surface area (Å²) in [6.45, 7) is 13.8. The van der Waals surface area contributed by atoms with Crippen molar-refractivity contribution < 1.29 is 43.2 Å². The minimum Gasteiger partial charge on any atom is -0.481 e. The molecule has 3 saturated heterocycles. The Kier molecular flexibility index (Phi) is 7.40. The highest BCUT2D eigenvalue weighted by atomic mass is 16.6. The lowest BCUT2D eigenvalue weighted by Gasteiger charge is -2.63. The van der Waals surface area contributed by atoms with Crippen LogP contribution in [0.4, 0.5) is 0 Å². The molecule has 4 aliphatic carbocycles. The number of aliphatic carboxylic acids is 1. The summed E-state index contributed by atoms with van der Waals surface area (Å²) >= 11 is 0. The van der Waals surface area contributed by atoms with Gasteiger partial charge in [-0.2, -0.15) is 0 Å². The quantitative estimate of drug-likeness (QED) is 0.196. The van der Waals surface area contributed by atoms with Crippen LogP contribution in [0.5, 0.6) is 0 Å². The first-order valence-electron chi connectivity index (χ1n) is 18.7. The Morgan fingerprint density at radius 1 is 1.04 bits per heavy atom. The third-order valence-electron chi connectivity index (χ3n) is 15.4. The number of carboxylic acids is 1. The van der Waals surface area contributed by atoms with E-state index in [2.05, 4.69) is 13.5 Å². The largest absolute Gasteiger partial charge is 0.481 e. The van der Waals surface area contributed by atoms with Crippen molar-refractivity contribution in [1.82, 2.24) is 0 Å². The maximum absolute atomic E-state index is 13.9. The molecular weight excluding hydrogens is 624 g/mol. The fourth-order valence-electron chi connectivity index (χ4n) is 13.0. The van der Waals surface area contributed by atoms with Crippen molar-refractivity contribution in [1.29, 1.82) is 0 Å². The number of fused-ring (bicyclic) bond motifs is 9. The highest BCUT2D eigenvalue weighted by Crippen LogP contribution is 2.79. The summed E-state index contributed by atoms with van der Waals surface area (Å²) in [5.41, 5.74) is -1.12. The number of esters is 2. The van der Waals surface area contributed by atoms with Gasteiger partial charge in [-0.15, -0.1) is 0 Å². The minimum absolute atomic E-state index is 0.0213. The molecule has 9 heteroatoms. The van der Waals surface area contributed by atoms with Gasteiger partial charge in [0.1, 0.15) is 18.3 Å². The van der Waals surface area contributed by atoms with Crippen LogP contribution in [0.15, 0.2) is 36.0 Å². The number of carbonyl (C=O) groups excluding carboxylic acids is 3. The molecule has 4 saturated carbocycles. The third kappa shape index (κ3) is 4.55. The Labute approximate surface area is 289 Å². The van der Waals surface area contributed by atoms with E-state index in [9.17, 15) is 24.3 Å². The van der Waals surface area contributed by atoms with Crippen molar-refractivity contribution >= 4 is 23.7 Å². The zero-order valence-corrected chi connectivity index (χ0v) is 29.6. The molecule has 0 aromatic carbocycles. The fraction of sp³-hybridized carbons (Fsp3) is 0.750. The van der Waals surface area contributed by atoms with E-state index in [0.29, 0.717) is 23.8 Å². The summed E-state index contributed by atoms with van der Waals surface area (Å²) in [4.78, 5) is 52.5. The van der Waals surface area contributed by atoms with Gasteiger partial charge in [0.15, 0.2) is 5.78 Å². The van der Waals surface area contributed by atoms with Crippen LogP contribution in [0.1, 0.15) is 105 Å². The van der Waals surface area contributed by atoms with Crippen LogP contribution in [0.2, 0.25) is 0 Å². The molecule has 1 spiro atoms. The Hall–Kier alpha value is -2.78. The van der Waals surface area contributed by atoms with Crippen LogP contribution in [0, 0.1) is 45.8 Å². The fourth-order valence-corrected chi connectivity index (χ4v) is 13.0. The molecule has 4 aliphatic heterocycles. The summed E-state index contributed by atoms with van der Waals surface area (Å²) in [7, 11) is 0. The average molecular weight is 677 g/mol. The van der Waals surface area contributed by atoms with E-state index in [1.165, 1.54) is 0 Å². The second kappa shape index (κ2) is 10.9. The van der Waals surface area contributed by atoms with Crippen LogP contribution >= 0.6 is 0 Å². The summed E-state index contributed by atoms with van der Waals surface area (Å²) in [5.74, 6) is -1.86. The van der Waals surface area contributed by atoms with E-state index < -0.39 is 59.1 Å². The number of epoxide rings is 1. The van der Waals surface area contributed by atoms with Gasteiger partial charge >= 0.3 is 17.9 Å². The van der Waals surface area contributed by atoms with Crippen LogP contribution in [0.25, 0.3) is 0 Å². The van der Waals surface area contributed by atoms with E-state index >= 15 is 0 Å². The van der Waals surface area contributed by atoms with Crippen LogP contribution < -0.4 is 0 Å². The number of hydrogen-bond acceptors (Lipinski definition) is 8. The SMILES string of the molecule is C=C1C(=O)O[C@@H]2[C@@H]3O[C@@](C)(C=CC(=O)[C@@H]3CC[C@@]34O[C@@H]3[C@@]35CC[C@H]6[C@@](C)(CCC[C@@]6(C)C(=O)O)[C@@H]3CC[C@@H]4C5)C[C@@H](OC(=O)/C(C)=C/C)[C@@H]12. The van der Waals surface area contributed by atoms with Gasteiger partial charge < -0.3 is 24.1 Å². The molecule has 1 N–H and O–H groups in total. The molecule has 266 valence electrons. The lowest BCUT2D eigenvalue weighted by Crippen LogP contribution is -2.59. The lowest BCUT2D eigenvalue weighted by atomic mass is 9.40. The molecule has 0 unspecified atom stereocenters. The summed E-state index contributed by atoms with van der Waals surface area (Å²) in [6, 6.07) is 0. The summed E-state index contributed by atoms with van der Waals surface area (Å²) in [6.07, 6.45) is 12.5. The predicted octanol–water partition coefficient (Wildman–Crippen LogP) is 6.29. The van der Waals surface area contributed by atoms with Gasteiger partial charge in [-0.05, 0) is 121 Å². The summed E-state index contributed by atoms with van der Waals surface area (Å²) < 4.78 is 25.6. The molecule has 49 heavy (non-hydrogen) atoms. The number of carboxylic acid groups (broad SMARTS) is 1. The van der Waals surface area contributed by atoms with Crippen molar-refractivity contribution in [2.75, 3.05) is 0 Å². The Morgan fingerprint density at radius 3 is 2.55 bits per heavy atom. The first-order chi connectivity index (χ1) is 23.1. The van der Waals surface area contributed by atoms with Crippen molar-refractivity contribution in [2.45, 2.75) is 141 Å². The normalized spacial score (nSPS) is 51.0. The second-order valence-corrected chi connectivity index (χ2v) is 17.7. The number of allylic oxidation sites excluding steroid dienone is 2. The van der Waals surface area contributed by atoms with Crippen molar-refractivity contribution in [2.24, 2.45) is 45.8 Å². The van der Waals surface area contributed by atoms with E-state index in [1.807, 2.05) is 13.8 Å². The number of hydrogen-bond donors (Lipinski definition) is 1. The van der Waals surface area contributed by atoms with Gasteiger partial charge in [0, 0.05) is 23.0 Å². The standard InChI is InChI=1S/C40H52O9/c1-7-21(2)32(42)46-26-20-36(4)16-12-25(41)24(30(48-36)31-29(26)22(3)33(43)47-31)11-18-40-23-9-10-28-37(5)14-8-15-38(6,35(44)45)27(37)13-17-39(28,19-23)34(40)49-40/h7,12,16,23-24,26-31,34H,3,8-11,13-15,17-20H2,1-2,4-6H3,(H,44,45)/b21-7+/t23-,24+,26-,27+,28+,29-,30-,31+,34-,36+,37-,38-,39-,40+/m1/s1. The second-order valence-electron chi connectivity index (χ2n) is 17.7. The Morgan fingerprint density at radius 2 is 1.82 bits per heavy atom. The van der Waals surface area contributed by atoms with Crippen molar-refractivity contribution in [3.8, 4) is 0 Å². The van der Waals surface area contributed by atoms with Crippen LogP contribution in [-0.4, -0.2) is 64.4 Å². The molecule has 0 aromatic heterocycles. The average Bonchev–Trinajstić information content (AvgIpc) is 3.74. The zero-order valence-electron chi connectivity index (χ0n) is 29.6. The number of ketones is 1. The molecular formula is C40H52O9. The van der Waals surface area contributed by atoms with Gasteiger partial charge in [-0.3, -0.25) is 9.59 Å². The highest BCUT2D eigenvalue weighted by molar-refractivity contribution is 5.94. The number of ether oxygens (including phenoxy) is 4. The monoisotopic (exact) mass is 676 g/mol. The molecule has 8 aliphatic rings. The molecule has 0 aromatic rings. The number of carbonyl (C=O) groups is 4. The molecule has 0 radical (unpaired) electrons. The molecule has 7 fully saturated rings. The van der Waals surface area contributed by atoms with E-state index in [1.54, 1.807) is 32.1 Å². The van der Waals surface area contributed by atoms with Crippen LogP contribution in [0.3, 0.4) is 0 Å². The minimum atomic E-state index is -0.910.